The number of hydrogen-bond donors (Lipinski definition) is 3. The summed E-state index contributed by atoms with van der Waals surface area (Å²) in [7, 11) is 0. The molecule has 0 unspecified atom stereocenters. The van der Waals surface area contributed by atoms with Gasteiger partial charge in [-0.1, -0.05) is 12.8 Å². The van der Waals surface area contributed by atoms with Crippen molar-refractivity contribution in [2.24, 2.45) is 0 Å². The maximum Gasteiger partial charge on any atom is 0.344 e. The molecule has 0 radical (unpaired) electrons. The molecule has 0 saturated heterocycles. The molecule has 0 heterocycles. The highest BCUT2D eigenvalue weighted by Gasteiger charge is 2.40. The zero-order valence-corrected chi connectivity index (χ0v) is 93.6. The first kappa shape index (κ1) is 135. The van der Waals surface area contributed by atoms with Crippen LogP contribution in [-0.4, -0.2) is 344 Å². The first-order valence-electron chi connectivity index (χ1n) is 49.0. The number of rotatable bonds is 54. The van der Waals surface area contributed by atoms with E-state index in [1.165, 1.54) is 9.80 Å². The summed E-state index contributed by atoms with van der Waals surface area (Å²) in [5.74, 6) is -12.3. The first-order valence-corrected chi connectivity index (χ1v) is 49.0. The molecule has 0 aromatic heterocycles. The van der Waals surface area contributed by atoms with Crippen molar-refractivity contribution >= 4 is 101 Å². The van der Waals surface area contributed by atoms with Crippen LogP contribution in [0.3, 0.4) is 0 Å². The molecule has 142 heavy (non-hydrogen) atoms. The van der Waals surface area contributed by atoms with Crippen molar-refractivity contribution in [2.45, 2.75) is 444 Å². The van der Waals surface area contributed by atoms with Crippen LogP contribution in [0.25, 0.3) is 0 Å². The number of esters is 14. The minimum atomic E-state index is -1.41. The second-order valence-electron chi connectivity index (χ2n) is 48.4. The van der Waals surface area contributed by atoms with Crippen molar-refractivity contribution in [3.63, 3.8) is 0 Å². The fourth-order valence-electron chi connectivity index (χ4n) is 13.3. The number of carboxylic acid groups (broad SMARTS) is 1. The molecule has 0 rings (SSSR count). The molecule has 4 atom stereocenters. The molecule has 0 aromatic rings. The molecule has 40 nitrogen and oxygen atoms in total. The molecule has 0 fully saturated rings. The molecule has 0 aliphatic carbocycles. The molecular weight excluding hydrogens is 1850 g/mol. The van der Waals surface area contributed by atoms with E-state index in [0.717, 1.165) is 0 Å². The van der Waals surface area contributed by atoms with Gasteiger partial charge in [0.25, 0.3) is 0 Å². The SMILES string of the molecule is CC(C)(C)OC(=O)CN(CCCC[C@H](NC(=O)[C@H](CCCCN(CC(=O)OC(C)(C)C)CC(=O)OC(C)(C)C)N(CC(=O)OC(C)(C)C)CC(=O)OC(C)(C)C)C(=O)O)CC(=O)OC(C)(C)C.CC(C)(C)OC(=O)COC(=O)[C@H](CCCCN(CC(=O)OC(C)(C)C)CC(=O)OC(C)(C)C)NC(=O)[C@H](CCCCN(CC(=O)OC(C)(C)C)CC(=O)OC(C)(C)C)N(CC(=O)OC(C)(C)C)CC(=O)OC(C)(C)C. The minimum absolute atomic E-state index is 0.000768. The fourth-order valence-corrected chi connectivity index (χ4v) is 13.3. The molecule has 0 aliphatic rings. The van der Waals surface area contributed by atoms with Crippen LogP contribution in [0.1, 0.15) is 347 Å². The minimum Gasteiger partial charge on any atom is -0.480 e. The van der Waals surface area contributed by atoms with Crippen molar-refractivity contribution in [3.05, 3.63) is 0 Å². The summed E-state index contributed by atoms with van der Waals surface area (Å²) < 4.78 is 77.1. The molecule has 0 saturated carbocycles. The van der Waals surface area contributed by atoms with Gasteiger partial charge in [0.05, 0.1) is 90.6 Å². The van der Waals surface area contributed by atoms with Crippen LogP contribution in [0.2, 0.25) is 0 Å². The maximum absolute atomic E-state index is 14.9. The number of carbonyl (C=O) groups is 17. The third-order valence-corrected chi connectivity index (χ3v) is 17.5. The average Bonchev–Trinajstić information content (AvgIpc) is 0.844. The van der Waals surface area contributed by atoms with E-state index >= 15 is 0 Å². The molecule has 822 valence electrons. The molecule has 0 spiro atoms. The smallest absolute Gasteiger partial charge is 0.344 e. The van der Waals surface area contributed by atoms with Gasteiger partial charge in [-0.25, -0.2) is 14.4 Å². The monoisotopic (exact) mass is 2030 g/mol. The van der Waals surface area contributed by atoms with Gasteiger partial charge in [0.2, 0.25) is 11.8 Å². The van der Waals surface area contributed by atoms with E-state index in [4.69, 9.17) is 66.3 Å². The van der Waals surface area contributed by atoms with Gasteiger partial charge in [-0.3, -0.25) is 96.5 Å². The normalized spacial score (nSPS) is 13.6. The summed E-state index contributed by atoms with van der Waals surface area (Å²) in [5.41, 5.74) is -10.9. The van der Waals surface area contributed by atoms with Gasteiger partial charge in [0.1, 0.15) is 84.9 Å². The summed E-state index contributed by atoms with van der Waals surface area (Å²) in [4.78, 5) is 234. The van der Waals surface area contributed by atoms with Crippen LogP contribution in [-0.2, 0) is 148 Å². The molecule has 40 heteroatoms. The Morgan fingerprint density at radius 1 is 0.211 bits per heavy atom. The number of carboxylic acids is 1. The number of amides is 2. The highest BCUT2D eigenvalue weighted by Crippen LogP contribution is 2.24. The van der Waals surface area contributed by atoms with Gasteiger partial charge in [0.15, 0.2) is 6.61 Å². The van der Waals surface area contributed by atoms with E-state index < -0.39 is 231 Å². The van der Waals surface area contributed by atoms with E-state index in [2.05, 4.69) is 10.6 Å². The third-order valence-electron chi connectivity index (χ3n) is 17.5. The molecule has 0 bridgehead atoms. The van der Waals surface area contributed by atoms with Crippen molar-refractivity contribution in [1.82, 2.24) is 40.0 Å². The van der Waals surface area contributed by atoms with Gasteiger partial charge < -0.3 is 82.1 Å². The van der Waals surface area contributed by atoms with Crippen LogP contribution < -0.4 is 10.6 Å². The van der Waals surface area contributed by atoms with Crippen LogP contribution in [0.5, 0.6) is 0 Å². The Labute approximate surface area is 845 Å². The summed E-state index contributed by atoms with van der Waals surface area (Å²) in [6, 6.07) is -5.39. The first-order chi connectivity index (χ1) is 63.8. The lowest BCUT2D eigenvalue weighted by molar-refractivity contribution is -0.168. The zero-order valence-electron chi connectivity index (χ0n) is 93.6. The van der Waals surface area contributed by atoms with Crippen molar-refractivity contribution in [1.29, 1.82) is 0 Å². The Bertz CT molecular complexity index is 3860. The van der Waals surface area contributed by atoms with E-state index in [9.17, 15) is 86.6 Å². The van der Waals surface area contributed by atoms with E-state index in [-0.39, 0.29) is 143 Å². The zero-order chi connectivity index (χ0) is 111. The predicted molar refractivity (Wildman–Crippen MR) is 530 cm³/mol. The van der Waals surface area contributed by atoms with E-state index in [1.807, 2.05) is 0 Å². The maximum atomic E-state index is 14.9. The number of unbranched alkanes of at least 4 members (excludes halogenated alkanes) is 4. The topological polar surface area (TPSA) is 483 Å². The Balaban J connectivity index is 0. The van der Waals surface area contributed by atoms with Crippen molar-refractivity contribution in [3.8, 4) is 0 Å². The van der Waals surface area contributed by atoms with E-state index in [0.29, 0.717) is 12.8 Å². The number of ether oxygens (including phenoxy) is 14. The van der Waals surface area contributed by atoms with Gasteiger partial charge in [-0.2, -0.15) is 0 Å². The summed E-state index contributed by atoms with van der Waals surface area (Å²) in [5, 5.41) is 15.7. The van der Waals surface area contributed by atoms with Crippen LogP contribution >= 0.6 is 0 Å². The Morgan fingerprint density at radius 3 is 0.542 bits per heavy atom. The van der Waals surface area contributed by atoms with Crippen LogP contribution in [0.15, 0.2) is 0 Å². The number of carbonyl (C=O) groups excluding carboxylic acids is 16. The largest absolute Gasteiger partial charge is 0.480 e. The molecular formula is C102H182N8O32. The lowest BCUT2D eigenvalue weighted by Crippen LogP contribution is -2.55. The standard InChI is InChI=1S/C54H96N4O17.C48H86N4O15/c1-48(2,3)69-39(59)30-56(31-40(60)70-49(4,5)6)28-24-22-26-37(47(67)68-36-45(65)75-54(19,20)21)55-46(66)38(58(34-43(63)73-52(13,14)15)35-44(64)74-53(16,17)18)27-23-25-29-57(32-41(61)71-50(7,8)9)33-42(62)72-51(10,11)12;1-43(2,3)62-35(53)27-50(28-36(54)63-44(4,5)6)25-21-19-23-33(42(60)61)49-41(59)34(52(31-39(57)66-47(13,14)15)32-40(58)67-48(16,17)18)24-20-22-26-51(29-37(55)64-45(7,8)9)30-38(56)65-46(10,11)12/h37-38H,22-36H2,1-21H3,(H,55,66);33-34H,19-32H2,1-18H3,(H,49,59)(H,60,61)/t37-,38-;33-,34-/m00/s1. The van der Waals surface area contributed by atoms with Crippen molar-refractivity contribution < 1.29 is 153 Å². The van der Waals surface area contributed by atoms with Gasteiger partial charge in [-0.05, 0) is 360 Å². The molecule has 2 amide bonds. The molecule has 3 N–H and O–H groups in total. The number of hydrogen-bond acceptors (Lipinski definition) is 37. The lowest BCUT2D eigenvalue weighted by atomic mass is 10.0. The second kappa shape index (κ2) is 59.4. The van der Waals surface area contributed by atoms with Gasteiger partial charge in [-0.15, -0.1) is 0 Å². The number of nitrogens with zero attached hydrogens (tertiary/aromatic N) is 6. The highest BCUT2D eigenvalue weighted by molar-refractivity contribution is 5.90. The average molecular weight is 2030 g/mol. The quantitative estimate of drug-likeness (QED) is 0.0289. The fraction of sp³-hybridized carbons (Fsp3) is 0.833. The second-order valence-corrected chi connectivity index (χ2v) is 48.4. The van der Waals surface area contributed by atoms with Gasteiger partial charge >= 0.3 is 89.5 Å². The predicted octanol–water partition coefficient (Wildman–Crippen LogP) is 11.2. The Hall–Kier alpha value is -9.25. The van der Waals surface area contributed by atoms with Crippen molar-refractivity contribution in [2.75, 3.05) is 111 Å². The number of nitrogens with one attached hydrogen (secondary N) is 2. The van der Waals surface area contributed by atoms with Crippen LogP contribution in [0.4, 0.5) is 0 Å². The highest BCUT2D eigenvalue weighted by atomic mass is 16.6. The summed E-state index contributed by atoms with van der Waals surface area (Å²) in [6.07, 6.45) is 1.97. The van der Waals surface area contributed by atoms with Gasteiger partial charge in [0, 0.05) is 0 Å². The lowest BCUT2D eigenvalue weighted by Gasteiger charge is -2.32. The molecule has 0 aromatic carbocycles. The van der Waals surface area contributed by atoms with Crippen LogP contribution in [0, 0.1) is 0 Å². The summed E-state index contributed by atoms with van der Waals surface area (Å²) in [6.45, 7) is 62.0. The summed E-state index contributed by atoms with van der Waals surface area (Å²) >= 11 is 0. The third kappa shape index (κ3) is 77.3. The Kier molecular flexibility index (Phi) is 56.4. The molecule has 0 aliphatic heterocycles. The Morgan fingerprint density at radius 2 is 0.366 bits per heavy atom. The number of aliphatic carboxylic acids is 1. The van der Waals surface area contributed by atoms with E-state index in [1.54, 1.807) is 290 Å².